The Morgan fingerprint density at radius 1 is 0.509 bits per heavy atom. The molecule has 0 unspecified atom stereocenters. The van der Waals surface area contributed by atoms with Gasteiger partial charge in [-0.25, -0.2) is 0 Å². The van der Waals surface area contributed by atoms with Gasteiger partial charge < -0.3 is 0 Å². The molecule has 2 aromatic heterocycles. The standard InChI is InChI=1S/C49H35GeN3/c1-49(2)40-27-15-12-24-35(40)37-30-31-38-36-25-14-17-29-42(36)53(45(38)44(37)49)48-43-39-26-13-16-28-41(39)50(33-20-8-4-9-21-33,34-22-10-5-11-23-34)46(43)51-47(52-48)32-18-6-3-7-19-32/h3-31H,1-2H3. The Morgan fingerprint density at radius 3 is 1.85 bits per heavy atom. The molecular formula is C49H35GeN3. The summed E-state index contributed by atoms with van der Waals surface area (Å²) < 4.78 is 7.84. The molecule has 3 nitrogen and oxygen atoms in total. The van der Waals surface area contributed by atoms with Gasteiger partial charge in [-0.15, -0.1) is 0 Å². The monoisotopic (exact) mass is 739 g/mol. The van der Waals surface area contributed by atoms with Gasteiger partial charge in [-0.05, 0) is 0 Å². The number of hydrogen-bond donors (Lipinski definition) is 0. The van der Waals surface area contributed by atoms with Crippen LogP contribution in [0.2, 0.25) is 0 Å². The van der Waals surface area contributed by atoms with Crippen LogP contribution in [0.5, 0.6) is 0 Å². The molecule has 0 N–H and O–H groups in total. The summed E-state index contributed by atoms with van der Waals surface area (Å²) >= 11 is -3.72. The minimum absolute atomic E-state index is 0.219. The molecule has 0 spiro atoms. The van der Waals surface area contributed by atoms with Crippen molar-refractivity contribution < 1.29 is 0 Å². The molecule has 11 rings (SSSR count). The van der Waals surface area contributed by atoms with Gasteiger partial charge in [-0.2, -0.15) is 0 Å². The van der Waals surface area contributed by atoms with Crippen molar-refractivity contribution in [2.24, 2.45) is 0 Å². The van der Waals surface area contributed by atoms with Gasteiger partial charge in [0.2, 0.25) is 0 Å². The van der Waals surface area contributed by atoms with Crippen molar-refractivity contribution in [3.05, 3.63) is 187 Å². The van der Waals surface area contributed by atoms with Gasteiger partial charge in [0.15, 0.2) is 0 Å². The van der Waals surface area contributed by atoms with E-state index in [9.17, 15) is 0 Å². The van der Waals surface area contributed by atoms with Crippen LogP contribution in [-0.2, 0) is 5.41 Å². The van der Waals surface area contributed by atoms with Crippen LogP contribution in [0.25, 0.3) is 61.3 Å². The van der Waals surface area contributed by atoms with Crippen molar-refractivity contribution in [3.8, 4) is 39.5 Å². The van der Waals surface area contributed by atoms with E-state index >= 15 is 0 Å². The molecule has 0 fully saturated rings. The fraction of sp³-hybridized carbons (Fsp3) is 0.0612. The number of para-hydroxylation sites is 1. The fourth-order valence-corrected chi connectivity index (χ4v) is 20.1. The van der Waals surface area contributed by atoms with Crippen LogP contribution in [0.1, 0.15) is 25.0 Å². The van der Waals surface area contributed by atoms with Gasteiger partial charge in [0.05, 0.1) is 0 Å². The summed E-state index contributed by atoms with van der Waals surface area (Å²) in [5.74, 6) is 1.71. The van der Waals surface area contributed by atoms with Crippen molar-refractivity contribution in [2.45, 2.75) is 19.3 Å². The molecule has 4 heteroatoms. The quantitative estimate of drug-likeness (QED) is 0.169. The van der Waals surface area contributed by atoms with E-state index in [4.69, 9.17) is 9.97 Å². The summed E-state index contributed by atoms with van der Waals surface area (Å²) in [4.78, 5) is 11.5. The van der Waals surface area contributed by atoms with Gasteiger partial charge >= 0.3 is 313 Å². The first-order valence-corrected chi connectivity index (χ1v) is 22.6. The van der Waals surface area contributed by atoms with Gasteiger partial charge in [0.25, 0.3) is 0 Å². The van der Waals surface area contributed by atoms with E-state index < -0.39 is 13.3 Å². The summed E-state index contributed by atoms with van der Waals surface area (Å²) in [7, 11) is 0. The molecular weight excluding hydrogens is 703 g/mol. The average Bonchev–Trinajstić information content (AvgIpc) is 3.80. The average molecular weight is 738 g/mol. The Morgan fingerprint density at radius 2 is 1.11 bits per heavy atom. The molecule has 2 aliphatic rings. The number of hydrogen-bond acceptors (Lipinski definition) is 2. The second-order valence-corrected chi connectivity index (χ2v) is 22.6. The van der Waals surface area contributed by atoms with E-state index in [1.54, 1.807) is 0 Å². The summed E-state index contributed by atoms with van der Waals surface area (Å²) in [6, 6.07) is 64.6. The maximum absolute atomic E-state index is 5.77. The molecule has 3 heterocycles. The Labute approximate surface area is 311 Å². The van der Waals surface area contributed by atoms with Crippen molar-refractivity contribution in [2.75, 3.05) is 0 Å². The molecule has 0 atom stereocenters. The van der Waals surface area contributed by atoms with Gasteiger partial charge in [-0.1, -0.05) is 0 Å². The molecule has 0 saturated carbocycles. The molecule has 0 amide bonds. The first kappa shape index (κ1) is 30.6. The third-order valence-electron chi connectivity index (χ3n) is 11.9. The number of fused-ring (bicyclic) bond motifs is 10. The zero-order valence-electron chi connectivity index (χ0n) is 29.6. The SMILES string of the molecule is CC1(C)c2ccccc2-c2ccc3c4ccccc4n(-c4nc(-c5ccccc5)n[c]5c4-c4cccc[c]4[Ge]5([c]4ccccc4)[c]4ccccc4)c3c21. The number of aromatic nitrogens is 3. The molecule has 1 aliphatic heterocycles. The zero-order valence-corrected chi connectivity index (χ0v) is 31.7. The van der Waals surface area contributed by atoms with E-state index in [1.807, 2.05) is 0 Å². The number of rotatable bonds is 4. The molecule has 1 aliphatic carbocycles. The van der Waals surface area contributed by atoms with Crippen LogP contribution in [0.3, 0.4) is 0 Å². The van der Waals surface area contributed by atoms with E-state index in [2.05, 4.69) is 194 Å². The van der Waals surface area contributed by atoms with E-state index in [1.165, 1.54) is 61.8 Å². The summed E-state index contributed by atoms with van der Waals surface area (Å²) in [6.07, 6.45) is 0. The third-order valence-corrected chi connectivity index (χ3v) is 21.7. The molecule has 0 saturated heterocycles. The zero-order chi connectivity index (χ0) is 35.3. The van der Waals surface area contributed by atoms with Crippen LogP contribution < -0.4 is 17.7 Å². The van der Waals surface area contributed by atoms with Crippen molar-refractivity contribution in [1.29, 1.82) is 0 Å². The van der Waals surface area contributed by atoms with Gasteiger partial charge in [0, 0.05) is 0 Å². The first-order chi connectivity index (χ1) is 26.1. The predicted octanol–water partition coefficient (Wildman–Crippen LogP) is 8.90. The topological polar surface area (TPSA) is 30.7 Å². The Balaban J connectivity index is 1.37. The second kappa shape index (κ2) is 11.2. The van der Waals surface area contributed by atoms with Crippen LogP contribution in [0.15, 0.2) is 176 Å². The number of benzene rings is 7. The van der Waals surface area contributed by atoms with Crippen molar-refractivity contribution in [3.63, 3.8) is 0 Å². The second-order valence-electron chi connectivity index (χ2n) is 14.9. The molecule has 9 aromatic rings. The Hall–Kier alpha value is -6.04. The van der Waals surface area contributed by atoms with Crippen molar-refractivity contribution in [1.82, 2.24) is 14.5 Å². The van der Waals surface area contributed by atoms with Crippen molar-refractivity contribution >= 4 is 52.8 Å². The first-order valence-electron chi connectivity index (χ1n) is 18.4. The summed E-state index contributed by atoms with van der Waals surface area (Å²) in [5, 5.41) is 2.48. The normalized spacial score (nSPS) is 14.5. The Bertz CT molecular complexity index is 2870. The fourth-order valence-electron chi connectivity index (χ4n) is 9.66. The molecule has 7 aromatic carbocycles. The van der Waals surface area contributed by atoms with E-state index in [0.717, 1.165) is 28.3 Å². The van der Waals surface area contributed by atoms with Crippen LogP contribution >= 0.6 is 0 Å². The van der Waals surface area contributed by atoms with Crippen LogP contribution in [-0.4, -0.2) is 27.8 Å². The molecule has 0 bridgehead atoms. The summed E-state index contributed by atoms with van der Waals surface area (Å²) in [6.45, 7) is 4.78. The van der Waals surface area contributed by atoms with E-state index in [0.29, 0.717) is 0 Å². The maximum atomic E-state index is 5.77. The predicted molar refractivity (Wildman–Crippen MR) is 222 cm³/mol. The minimum atomic E-state index is -3.72. The molecule has 0 radical (unpaired) electrons. The van der Waals surface area contributed by atoms with Gasteiger partial charge in [-0.3, -0.25) is 0 Å². The van der Waals surface area contributed by atoms with E-state index in [-0.39, 0.29) is 5.41 Å². The van der Waals surface area contributed by atoms with Gasteiger partial charge in [0.1, 0.15) is 0 Å². The molecule has 53 heavy (non-hydrogen) atoms. The van der Waals surface area contributed by atoms with Crippen LogP contribution in [0, 0.1) is 0 Å². The summed E-state index contributed by atoms with van der Waals surface area (Å²) in [5.41, 5.74) is 10.9. The third kappa shape index (κ3) is 4.06. The Kier molecular flexibility index (Phi) is 6.48. The number of nitrogens with zero attached hydrogens (tertiary/aromatic N) is 3. The van der Waals surface area contributed by atoms with Crippen LogP contribution in [0.4, 0.5) is 0 Å². The molecule has 250 valence electrons.